The second-order valence-corrected chi connectivity index (χ2v) is 7.04. The third-order valence-corrected chi connectivity index (χ3v) is 4.62. The van der Waals surface area contributed by atoms with E-state index in [-0.39, 0.29) is 29.9 Å². The van der Waals surface area contributed by atoms with Gasteiger partial charge < -0.3 is 15.5 Å². The summed E-state index contributed by atoms with van der Waals surface area (Å²) in [6.07, 6.45) is 1.30. The van der Waals surface area contributed by atoms with Gasteiger partial charge in [-0.3, -0.25) is 9.59 Å². The Bertz CT molecular complexity index is 441. The van der Waals surface area contributed by atoms with E-state index in [1.165, 1.54) is 0 Å². The van der Waals surface area contributed by atoms with Crippen molar-refractivity contribution in [2.75, 3.05) is 0 Å². The number of hydrogen-bond donors (Lipinski definition) is 3. The molecule has 118 valence electrons. The first-order chi connectivity index (χ1) is 9.68. The Morgan fingerprint density at radius 3 is 2.67 bits per heavy atom. The second-order valence-electron chi connectivity index (χ2n) is 7.04. The van der Waals surface area contributed by atoms with Gasteiger partial charge in [-0.1, -0.05) is 13.5 Å². The lowest BCUT2D eigenvalue weighted by Gasteiger charge is -2.39. The van der Waals surface area contributed by atoms with Crippen molar-refractivity contribution in [2.45, 2.75) is 57.7 Å². The van der Waals surface area contributed by atoms with E-state index in [1.807, 2.05) is 0 Å². The van der Waals surface area contributed by atoms with Gasteiger partial charge in [-0.2, -0.15) is 0 Å². The maximum Gasteiger partial charge on any atom is 0.224 e. The first-order valence-corrected chi connectivity index (χ1v) is 7.60. The van der Waals surface area contributed by atoms with Crippen LogP contribution in [0.2, 0.25) is 0 Å². The second kappa shape index (κ2) is 5.89. The van der Waals surface area contributed by atoms with E-state index >= 15 is 0 Å². The summed E-state index contributed by atoms with van der Waals surface area (Å²) in [5.74, 6) is -0.830. The number of carbonyl (C=O) groups excluding carboxylic acids is 2. The molecule has 0 aromatic heterocycles. The summed E-state index contributed by atoms with van der Waals surface area (Å²) < 4.78 is 0. The van der Waals surface area contributed by atoms with Gasteiger partial charge in [0.15, 0.2) is 0 Å². The van der Waals surface area contributed by atoms with Crippen molar-refractivity contribution in [3.63, 3.8) is 0 Å². The maximum absolute atomic E-state index is 12.3. The molecule has 5 atom stereocenters. The molecule has 1 heterocycles. The summed E-state index contributed by atoms with van der Waals surface area (Å²) in [6, 6.07) is 0. The molecule has 1 aliphatic heterocycles. The molecule has 1 saturated heterocycles. The zero-order chi connectivity index (χ0) is 15.8. The zero-order valence-corrected chi connectivity index (χ0v) is 12.8. The van der Waals surface area contributed by atoms with Crippen molar-refractivity contribution in [1.29, 1.82) is 0 Å². The Kier molecular flexibility index (Phi) is 4.54. The number of aliphatic hydroxyl groups excluding tert-OH is 1. The molecule has 1 unspecified atom stereocenters. The third-order valence-electron chi connectivity index (χ3n) is 4.62. The quantitative estimate of drug-likeness (QED) is 0.729. The normalized spacial score (nSPS) is 39.0. The largest absolute Gasteiger partial charge is 0.392 e. The van der Waals surface area contributed by atoms with E-state index in [1.54, 1.807) is 13.8 Å². The fourth-order valence-corrected chi connectivity index (χ4v) is 3.76. The van der Waals surface area contributed by atoms with E-state index in [0.717, 1.165) is 0 Å². The van der Waals surface area contributed by atoms with Crippen molar-refractivity contribution < 1.29 is 19.8 Å². The van der Waals surface area contributed by atoms with Gasteiger partial charge >= 0.3 is 0 Å². The van der Waals surface area contributed by atoms with Crippen molar-refractivity contribution in [2.24, 2.45) is 17.8 Å². The number of amides is 1. The molecule has 2 fully saturated rings. The summed E-state index contributed by atoms with van der Waals surface area (Å²) in [7, 11) is 0. The predicted molar refractivity (Wildman–Crippen MR) is 78.1 cm³/mol. The van der Waals surface area contributed by atoms with Crippen LogP contribution >= 0.6 is 0 Å². The molecule has 0 spiro atoms. The molecule has 5 heteroatoms. The van der Waals surface area contributed by atoms with Crippen molar-refractivity contribution >= 4 is 11.7 Å². The van der Waals surface area contributed by atoms with Crippen LogP contribution in [-0.2, 0) is 9.59 Å². The van der Waals surface area contributed by atoms with E-state index in [4.69, 9.17) is 0 Å². The number of ketones is 1. The number of allylic oxidation sites excluding steroid dienone is 1. The molecule has 21 heavy (non-hydrogen) atoms. The summed E-state index contributed by atoms with van der Waals surface area (Å²) in [5, 5.41) is 23.3. The summed E-state index contributed by atoms with van der Waals surface area (Å²) in [5.41, 5.74) is -0.245. The maximum atomic E-state index is 12.3. The molecule has 1 aliphatic carbocycles. The van der Waals surface area contributed by atoms with Crippen LogP contribution < -0.4 is 5.32 Å². The van der Waals surface area contributed by atoms with Crippen LogP contribution in [-0.4, -0.2) is 33.6 Å². The predicted octanol–water partition coefficient (Wildman–Crippen LogP) is 1.14. The minimum atomic E-state index is -0.910. The van der Waals surface area contributed by atoms with Gasteiger partial charge in [-0.15, -0.1) is 0 Å². The van der Waals surface area contributed by atoms with E-state index in [0.29, 0.717) is 31.4 Å². The number of nitrogens with one attached hydrogen (secondary N) is 1. The molecule has 0 aromatic rings. The number of piperidine rings is 1. The van der Waals surface area contributed by atoms with Crippen LogP contribution in [0.5, 0.6) is 0 Å². The molecule has 2 rings (SSSR count). The molecule has 1 amide bonds. The zero-order valence-electron chi connectivity index (χ0n) is 12.8. The Morgan fingerprint density at radius 1 is 1.38 bits per heavy atom. The highest BCUT2D eigenvalue weighted by Gasteiger charge is 2.43. The fraction of sp³-hybridized carbons (Fsp3) is 0.750. The molecule has 0 aromatic carbocycles. The fourth-order valence-electron chi connectivity index (χ4n) is 3.76. The van der Waals surface area contributed by atoms with Gasteiger partial charge in [0.05, 0.1) is 11.7 Å². The monoisotopic (exact) mass is 295 g/mol. The first kappa shape index (κ1) is 16.2. The van der Waals surface area contributed by atoms with E-state index in [2.05, 4.69) is 11.9 Å². The smallest absolute Gasteiger partial charge is 0.224 e. The van der Waals surface area contributed by atoms with Crippen LogP contribution in [0.15, 0.2) is 12.3 Å². The van der Waals surface area contributed by atoms with Gasteiger partial charge in [-0.25, -0.2) is 0 Å². The minimum Gasteiger partial charge on any atom is -0.392 e. The standard InChI is InChI=1S/C16H25NO4/c1-9-7-16(3,21)8-12(15(9)20)13(18)5-11-4-10(2)17-14(19)6-11/h9,11-13,18,21H,2,4-8H2,1,3H3,(H,17,19)/t9-,11?,12-,13+,16+/m0/s1. The van der Waals surface area contributed by atoms with Crippen LogP contribution in [0.3, 0.4) is 0 Å². The van der Waals surface area contributed by atoms with Crippen LogP contribution in [0.25, 0.3) is 0 Å². The number of hydrogen-bond acceptors (Lipinski definition) is 4. The van der Waals surface area contributed by atoms with Crippen molar-refractivity contribution in [1.82, 2.24) is 5.32 Å². The van der Waals surface area contributed by atoms with Crippen LogP contribution in [0.4, 0.5) is 0 Å². The molecule has 0 radical (unpaired) electrons. The first-order valence-electron chi connectivity index (χ1n) is 7.60. The Labute approximate surface area is 125 Å². The van der Waals surface area contributed by atoms with Crippen LogP contribution in [0.1, 0.15) is 46.0 Å². The summed E-state index contributed by atoms with van der Waals surface area (Å²) in [6.45, 7) is 7.28. The highest BCUT2D eigenvalue weighted by molar-refractivity contribution is 5.84. The molecule has 2 aliphatic rings. The van der Waals surface area contributed by atoms with Crippen molar-refractivity contribution in [3.8, 4) is 0 Å². The van der Waals surface area contributed by atoms with Gasteiger partial charge in [0.25, 0.3) is 0 Å². The minimum absolute atomic E-state index is 0.0104. The molecule has 3 N–H and O–H groups in total. The number of carbonyl (C=O) groups is 2. The van der Waals surface area contributed by atoms with E-state index in [9.17, 15) is 19.8 Å². The molecule has 1 saturated carbocycles. The molecule has 0 bridgehead atoms. The van der Waals surface area contributed by atoms with Gasteiger partial charge in [-0.05, 0) is 38.5 Å². The number of aliphatic hydroxyl groups is 2. The van der Waals surface area contributed by atoms with Gasteiger partial charge in [0.1, 0.15) is 5.78 Å². The van der Waals surface area contributed by atoms with Gasteiger partial charge in [0.2, 0.25) is 5.91 Å². The highest BCUT2D eigenvalue weighted by Crippen LogP contribution is 2.37. The van der Waals surface area contributed by atoms with Crippen LogP contribution in [0, 0.1) is 17.8 Å². The topological polar surface area (TPSA) is 86.6 Å². The third kappa shape index (κ3) is 3.92. The Hall–Kier alpha value is -1.20. The number of rotatable bonds is 3. The highest BCUT2D eigenvalue weighted by atomic mass is 16.3. The summed E-state index contributed by atoms with van der Waals surface area (Å²) in [4.78, 5) is 23.8. The Balaban J connectivity index is 2.01. The van der Waals surface area contributed by atoms with E-state index < -0.39 is 17.6 Å². The molecular weight excluding hydrogens is 270 g/mol. The average molecular weight is 295 g/mol. The SMILES string of the molecule is C=C1CC(C[C@@H](O)[C@@H]2C[C@](C)(O)C[C@H](C)C2=O)CC(=O)N1. The average Bonchev–Trinajstić information content (AvgIpc) is 2.31. The van der Waals surface area contributed by atoms with Crippen molar-refractivity contribution in [3.05, 3.63) is 12.3 Å². The molecule has 5 nitrogen and oxygen atoms in total. The summed E-state index contributed by atoms with van der Waals surface area (Å²) >= 11 is 0. The lowest BCUT2D eigenvalue weighted by molar-refractivity contribution is -0.143. The lowest BCUT2D eigenvalue weighted by Crippen LogP contribution is -2.47. The van der Waals surface area contributed by atoms with Gasteiger partial charge in [0, 0.05) is 24.0 Å². The lowest BCUT2D eigenvalue weighted by atomic mass is 9.69. The number of Topliss-reactive ketones (excluding diaryl/α,β-unsaturated/α-hetero) is 1. The Morgan fingerprint density at radius 2 is 2.05 bits per heavy atom. The molecular formula is C16H25NO4.